The van der Waals surface area contributed by atoms with E-state index in [9.17, 15) is 10.1 Å². The molecule has 0 spiro atoms. The summed E-state index contributed by atoms with van der Waals surface area (Å²) in [6.45, 7) is 2.79. The molecule has 4 nitrogen and oxygen atoms in total. The molecule has 0 aromatic heterocycles. The maximum absolute atomic E-state index is 10.8. The van der Waals surface area contributed by atoms with E-state index in [2.05, 4.69) is 12.2 Å². The van der Waals surface area contributed by atoms with Gasteiger partial charge in [0.15, 0.2) is 0 Å². The number of rotatable bonds is 6. The van der Waals surface area contributed by atoms with Crippen molar-refractivity contribution in [1.29, 1.82) is 0 Å². The fourth-order valence-electron chi connectivity index (χ4n) is 1.43. The number of unbranched alkanes of at least 4 members (excludes halogenated alkanes) is 2. The predicted octanol–water partition coefficient (Wildman–Crippen LogP) is 4.50. The molecule has 0 saturated carbocycles. The van der Waals surface area contributed by atoms with E-state index in [4.69, 9.17) is 23.2 Å². The van der Waals surface area contributed by atoms with E-state index in [-0.39, 0.29) is 10.7 Å². The van der Waals surface area contributed by atoms with Gasteiger partial charge in [-0.3, -0.25) is 10.1 Å². The van der Waals surface area contributed by atoms with Gasteiger partial charge in [0.25, 0.3) is 5.69 Å². The highest BCUT2D eigenvalue weighted by molar-refractivity contribution is 6.42. The summed E-state index contributed by atoms with van der Waals surface area (Å²) >= 11 is 11.6. The second-order valence-corrected chi connectivity index (χ2v) is 4.49. The van der Waals surface area contributed by atoms with Gasteiger partial charge in [0.1, 0.15) is 5.69 Å². The zero-order valence-electron chi connectivity index (χ0n) is 9.50. The van der Waals surface area contributed by atoms with Crippen LogP contribution in [0.15, 0.2) is 12.1 Å². The Hall–Kier alpha value is -1.00. The fourth-order valence-corrected chi connectivity index (χ4v) is 1.75. The standard InChI is InChI=1S/C11H14Cl2N2O2/c1-2-3-4-5-14-10-6-8(12)9(13)7-11(10)15(16)17/h6-7,14H,2-5H2,1H3. The number of nitro groups is 1. The van der Waals surface area contributed by atoms with E-state index in [0.29, 0.717) is 17.3 Å². The topological polar surface area (TPSA) is 55.2 Å². The first-order valence-electron chi connectivity index (χ1n) is 5.43. The SMILES string of the molecule is CCCCCNc1cc(Cl)c(Cl)cc1[N+](=O)[O-]. The van der Waals surface area contributed by atoms with Crippen molar-refractivity contribution in [3.63, 3.8) is 0 Å². The van der Waals surface area contributed by atoms with Crippen LogP contribution in [0, 0.1) is 10.1 Å². The van der Waals surface area contributed by atoms with Crippen molar-refractivity contribution in [3.8, 4) is 0 Å². The lowest BCUT2D eigenvalue weighted by molar-refractivity contribution is -0.383. The third kappa shape index (κ3) is 4.06. The molecule has 0 aliphatic carbocycles. The van der Waals surface area contributed by atoms with Gasteiger partial charge in [-0.25, -0.2) is 0 Å². The first kappa shape index (κ1) is 14.1. The van der Waals surface area contributed by atoms with Gasteiger partial charge in [-0.2, -0.15) is 0 Å². The van der Waals surface area contributed by atoms with Crippen LogP contribution in [0.1, 0.15) is 26.2 Å². The Balaban J connectivity index is 2.81. The van der Waals surface area contributed by atoms with Crippen molar-refractivity contribution >= 4 is 34.6 Å². The molecular formula is C11H14Cl2N2O2. The number of hydrogen-bond donors (Lipinski definition) is 1. The molecule has 0 fully saturated rings. The molecule has 1 aromatic rings. The van der Waals surface area contributed by atoms with Crippen LogP contribution in [0.4, 0.5) is 11.4 Å². The highest BCUT2D eigenvalue weighted by atomic mass is 35.5. The number of nitrogens with zero attached hydrogens (tertiary/aromatic N) is 1. The highest BCUT2D eigenvalue weighted by Crippen LogP contribution is 2.33. The normalized spacial score (nSPS) is 10.3. The number of nitrogens with one attached hydrogen (secondary N) is 1. The molecule has 0 aliphatic heterocycles. The van der Waals surface area contributed by atoms with Gasteiger partial charge in [-0.05, 0) is 12.5 Å². The maximum atomic E-state index is 10.8. The summed E-state index contributed by atoms with van der Waals surface area (Å²) in [6, 6.07) is 2.76. The summed E-state index contributed by atoms with van der Waals surface area (Å²) in [6.07, 6.45) is 3.15. The summed E-state index contributed by atoms with van der Waals surface area (Å²) in [7, 11) is 0. The number of benzene rings is 1. The average Bonchev–Trinajstić information content (AvgIpc) is 2.28. The summed E-state index contributed by atoms with van der Waals surface area (Å²) in [4.78, 5) is 10.4. The Bertz CT molecular complexity index is 411. The number of hydrogen-bond acceptors (Lipinski definition) is 3. The van der Waals surface area contributed by atoms with Gasteiger partial charge in [0, 0.05) is 12.6 Å². The van der Waals surface area contributed by atoms with Crippen LogP contribution in [-0.4, -0.2) is 11.5 Å². The van der Waals surface area contributed by atoms with E-state index in [1.165, 1.54) is 12.1 Å². The molecule has 0 heterocycles. The second-order valence-electron chi connectivity index (χ2n) is 3.67. The Kier molecular flexibility index (Phi) is 5.51. The monoisotopic (exact) mass is 276 g/mol. The zero-order valence-corrected chi connectivity index (χ0v) is 11.0. The Morgan fingerprint density at radius 2 is 1.94 bits per heavy atom. The molecule has 0 radical (unpaired) electrons. The van der Waals surface area contributed by atoms with E-state index in [0.717, 1.165) is 19.3 Å². The van der Waals surface area contributed by atoms with Gasteiger partial charge in [0.2, 0.25) is 0 Å². The molecule has 94 valence electrons. The van der Waals surface area contributed by atoms with E-state index < -0.39 is 4.92 Å². The molecule has 0 aliphatic rings. The molecular weight excluding hydrogens is 263 g/mol. The van der Waals surface area contributed by atoms with Crippen LogP contribution < -0.4 is 5.32 Å². The zero-order chi connectivity index (χ0) is 12.8. The van der Waals surface area contributed by atoms with Crippen LogP contribution in [-0.2, 0) is 0 Å². The molecule has 1 N–H and O–H groups in total. The van der Waals surface area contributed by atoms with Gasteiger partial charge in [-0.1, -0.05) is 43.0 Å². The van der Waals surface area contributed by atoms with Crippen molar-refractivity contribution in [1.82, 2.24) is 0 Å². The van der Waals surface area contributed by atoms with Gasteiger partial charge >= 0.3 is 0 Å². The number of anilines is 1. The summed E-state index contributed by atoms with van der Waals surface area (Å²) < 4.78 is 0. The third-order valence-corrected chi connectivity index (χ3v) is 3.05. The summed E-state index contributed by atoms with van der Waals surface area (Å²) in [5, 5.41) is 14.4. The molecule has 0 saturated heterocycles. The number of halogens is 2. The quantitative estimate of drug-likeness (QED) is 0.473. The highest BCUT2D eigenvalue weighted by Gasteiger charge is 2.16. The Morgan fingerprint density at radius 1 is 1.29 bits per heavy atom. The van der Waals surface area contributed by atoms with Crippen LogP contribution >= 0.6 is 23.2 Å². The maximum Gasteiger partial charge on any atom is 0.293 e. The molecule has 0 bridgehead atoms. The minimum atomic E-state index is -0.468. The van der Waals surface area contributed by atoms with Gasteiger partial charge < -0.3 is 5.32 Å². The third-order valence-electron chi connectivity index (χ3n) is 2.33. The first-order valence-corrected chi connectivity index (χ1v) is 6.19. The Labute approximate surface area is 110 Å². The Morgan fingerprint density at radius 3 is 2.53 bits per heavy atom. The molecule has 6 heteroatoms. The van der Waals surface area contributed by atoms with Crippen molar-refractivity contribution in [2.75, 3.05) is 11.9 Å². The van der Waals surface area contributed by atoms with Crippen LogP contribution in [0.2, 0.25) is 10.0 Å². The lowest BCUT2D eigenvalue weighted by atomic mass is 10.2. The largest absolute Gasteiger partial charge is 0.379 e. The molecule has 17 heavy (non-hydrogen) atoms. The van der Waals surface area contributed by atoms with E-state index >= 15 is 0 Å². The summed E-state index contributed by atoms with van der Waals surface area (Å²) in [5.41, 5.74) is 0.372. The average molecular weight is 277 g/mol. The molecule has 1 rings (SSSR count). The molecule has 0 unspecified atom stereocenters. The molecule has 1 aromatic carbocycles. The van der Waals surface area contributed by atoms with Crippen LogP contribution in [0.5, 0.6) is 0 Å². The molecule has 0 atom stereocenters. The van der Waals surface area contributed by atoms with Crippen LogP contribution in [0.3, 0.4) is 0 Å². The smallest absolute Gasteiger partial charge is 0.293 e. The predicted molar refractivity (Wildman–Crippen MR) is 71.1 cm³/mol. The van der Waals surface area contributed by atoms with E-state index in [1.54, 1.807) is 0 Å². The lowest BCUT2D eigenvalue weighted by Crippen LogP contribution is -2.04. The number of nitro benzene ring substituents is 1. The van der Waals surface area contributed by atoms with Crippen molar-refractivity contribution in [2.45, 2.75) is 26.2 Å². The minimum Gasteiger partial charge on any atom is -0.379 e. The fraction of sp³-hybridized carbons (Fsp3) is 0.455. The second kappa shape index (κ2) is 6.67. The van der Waals surface area contributed by atoms with Crippen molar-refractivity contribution in [3.05, 3.63) is 32.3 Å². The van der Waals surface area contributed by atoms with Gasteiger partial charge in [-0.15, -0.1) is 0 Å². The molecule has 0 amide bonds. The van der Waals surface area contributed by atoms with Gasteiger partial charge in [0.05, 0.1) is 15.0 Å². The van der Waals surface area contributed by atoms with E-state index in [1.807, 2.05) is 0 Å². The first-order chi connectivity index (χ1) is 8.06. The van der Waals surface area contributed by atoms with Crippen molar-refractivity contribution in [2.24, 2.45) is 0 Å². The summed E-state index contributed by atoms with van der Waals surface area (Å²) in [5.74, 6) is 0. The van der Waals surface area contributed by atoms with Crippen molar-refractivity contribution < 1.29 is 4.92 Å². The minimum absolute atomic E-state index is 0.0455. The lowest BCUT2D eigenvalue weighted by Gasteiger charge is -2.08. The van der Waals surface area contributed by atoms with Crippen LogP contribution in [0.25, 0.3) is 0 Å².